The van der Waals surface area contributed by atoms with Gasteiger partial charge in [-0.25, -0.2) is 4.98 Å². The highest BCUT2D eigenvalue weighted by Crippen LogP contribution is 2.35. The fourth-order valence-electron chi connectivity index (χ4n) is 2.10. The highest BCUT2D eigenvalue weighted by Gasteiger charge is 2.16. The highest BCUT2D eigenvalue weighted by atomic mass is 35.5. The van der Waals surface area contributed by atoms with E-state index in [9.17, 15) is 0 Å². The van der Waals surface area contributed by atoms with Crippen LogP contribution >= 0.6 is 22.9 Å². The standard InChI is InChI=1S/C16H14ClN3S/c1-18-10-13-14(11-6-3-2-4-7-11)20-16(21-13)15-12(17)8-5-9-19-15/h2-9,18H,10H2,1H3. The number of rotatable bonds is 4. The van der Waals surface area contributed by atoms with Gasteiger partial charge in [0.05, 0.1) is 10.7 Å². The monoisotopic (exact) mass is 315 g/mol. The Morgan fingerprint density at radius 3 is 2.62 bits per heavy atom. The molecule has 0 aliphatic heterocycles. The summed E-state index contributed by atoms with van der Waals surface area (Å²) in [6, 6.07) is 13.8. The first-order valence-corrected chi connectivity index (χ1v) is 7.79. The summed E-state index contributed by atoms with van der Waals surface area (Å²) in [6.07, 6.45) is 1.74. The molecule has 0 aliphatic rings. The van der Waals surface area contributed by atoms with Crippen molar-refractivity contribution in [1.29, 1.82) is 0 Å². The normalized spacial score (nSPS) is 10.8. The van der Waals surface area contributed by atoms with E-state index in [1.165, 1.54) is 4.88 Å². The lowest BCUT2D eigenvalue weighted by Gasteiger charge is -2.00. The Bertz CT molecular complexity index is 740. The molecule has 3 nitrogen and oxygen atoms in total. The number of hydrogen-bond acceptors (Lipinski definition) is 4. The fourth-order valence-corrected chi connectivity index (χ4v) is 3.47. The van der Waals surface area contributed by atoms with Gasteiger partial charge in [-0.15, -0.1) is 11.3 Å². The van der Waals surface area contributed by atoms with Crippen LogP contribution in [0.15, 0.2) is 48.7 Å². The van der Waals surface area contributed by atoms with Gasteiger partial charge in [-0.05, 0) is 19.2 Å². The van der Waals surface area contributed by atoms with Crippen molar-refractivity contribution in [3.8, 4) is 22.0 Å². The molecule has 1 aromatic carbocycles. The first-order valence-electron chi connectivity index (χ1n) is 6.60. The smallest absolute Gasteiger partial charge is 0.144 e. The lowest BCUT2D eigenvalue weighted by molar-refractivity contribution is 0.831. The summed E-state index contributed by atoms with van der Waals surface area (Å²) in [4.78, 5) is 10.3. The number of halogens is 1. The van der Waals surface area contributed by atoms with Crippen LogP contribution in [0.5, 0.6) is 0 Å². The van der Waals surface area contributed by atoms with Gasteiger partial charge in [0.15, 0.2) is 0 Å². The Kier molecular flexibility index (Phi) is 4.29. The summed E-state index contributed by atoms with van der Waals surface area (Å²) in [5.74, 6) is 0. The van der Waals surface area contributed by atoms with Gasteiger partial charge in [0.2, 0.25) is 0 Å². The van der Waals surface area contributed by atoms with E-state index < -0.39 is 0 Å². The van der Waals surface area contributed by atoms with Gasteiger partial charge in [-0.2, -0.15) is 0 Å². The molecule has 3 rings (SSSR count). The number of pyridine rings is 1. The van der Waals surface area contributed by atoms with Crippen molar-refractivity contribution in [2.75, 3.05) is 7.05 Å². The second-order valence-corrected chi connectivity index (χ2v) is 6.01. The number of benzene rings is 1. The summed E-state index contributed by atoms with van der Waals surface area (Å²) in [7, 11) is 1.93. The minimum atomic E-state index is 0.627. The van der Waals surface area contributed by atoms with Crippen molar-refractivity contribution in [3.05, 3.63) is 58.6 Å². The molecule has 0 aliphatic carbocycles. The first-order chi connectivity index (χ1) is 10.3. The second kappa shape index (κ2) is 6.35. The molecule has 21 heavy (non-hydrogen) atoms. The third-order valence-electron chi connectivity index (χ3n) is 3.04. The molecule has 0 spiro atoms. The molecule has 0 amide bonds. The number of nitrogens with one attached hydrogen (secondary N) is 1. The fraction of sp³-hybridized carbons (Fsp3) is 0.125. The van der Waals surface area contributed by atoms with Crippen molar-refractivity contribution >= 4 is 22.9 Å². The third-order valence-corrected chi connectivity index (χ3v) is 4.41. The lowest BCUT2D eigenvalue weighted by Crippen LogP contribution is -2.04. The second-order valence-electron chi connectivity index (χ2n) is 4.52. The van der Waals surface area contributed by atoms with E-state index in [2.05, 4.69) is 22.4 Å². The third kappa shape index (κ3) is 2.97. The SMILES string of the molecule is CNCc1sc(-c2ncccc2Cl)nc1-c1ccccc1. The zero-order chi connectivity index (χ0) is 14.7. The first kappa shape index (κ1) is 14.2. The predicted molar refractivity (Wildman–Crippen MR) is 88.6 cm³/mol. The predicted octanol–water partition coefficient (Wildman–Crippen LogP) is 4.24. The topological polar surface area (TPSA) is 37.8 Å². The van der Waals surface area contributed by atoms with Crippen LogP contribution in [0.2, 0.25) is 5.02 Å². The molecule has 3 aromatic rings. The van der Waals surface area contributed by atoms with E-state index in [0.717, 1.165) is 28.5 Å². The van der Waals surface area contributed by atoms with Crippen molar-refractivity contribution in [2.45, 2.75) is 6.54 Å². The van der Waals surface area contributed by atoms with Crippen molar-refractivity contribution in [3.63, 3.8) is 0 Å². The Hall–Kier alpha value is -1.75. The zero-order valence-corrected chi connectivity index (χ0v) is 13.1. The van der Waals surface area contributed by atoms with Gasteiger partial charge in [0.25, 0.3) is 0 Å². The van der Waals surface area contributed by atoms with E-state index >= 15 is 0 Å². The molecule has 1 N–H and O–H groups in total. The molecule has 0 saturated carbocycles. The van der Waals surface area contributed by atoms with Crippen LogP contribution in [-0.4, -0.2) is 17.0 Å². The molecule has 0 saturated heterocycles. The quantitative estimate of drug-likeness (QED) is 0.782. The number of nitrogens with zero attached hydrogens (tertiary/aromatic N) is 2. The van der Waals surface area contributed by atoms with Gasteiger partial charge in [-0.1, -0.05) is 41.9 Å². The maximum absolute atomic E-state index is 6.23. The van der Waals surface area contributed by atoms with Gasteiger partial charge in [0.1, 0.15) is 10.7 Å². The Balaban J connectivity index is 2.11. The Morgan fingerprint density at radius 2 is 1.90 bits per heavy atom. The van der Waals surface area contributed by atoms with E-state index in [1.807, 2.05) is 37.4 Å². The molecule has 0 unspecified atom stereocenters. The average Bonchev–Trinajstić information content (AvgIpc) is 2.93. The number of thiazole rings is 1. The van der Waals surface area contributed by atoms with Crippen LogP contribution in [0.3, 0.4) is 0 Å². The summed E-state index contributed by atoms with van der Waals surface area (Å²) >= 11 is 7.86. The van der Waals surface area contributed by atoms with E-state index in [1.54, 1.807) is 17.5 Å². The Labute approximate surface area is 132 Å². The molecule has 2 heterocycles. The minimum Gasteiger partial charge on any atom is -0.315 e. The summed E-state index contributed by atoms with van der Waals surface area (Å²) in [5, 5.41) is 4.67. The van der Waals surface area contributed by atoms with E-state index in [-0.39, 0.29) is 0 Å². The van der Waals surface area contributed by atoms with Gasteiger partial charge >= 0.3 is 0 Å². The molecular formula is C16H14ClN3S. The summed E-state index contributed by atoms with van der Waals surface area (Å²) in [5.41, 5.74) is 2.84. The molecule has 0 bridgehead atoms. The van der Waals surface area contributed by atoms with Crippen molar-refractivity contribution < 1.29 is 0 Å². The summed E-state index contributed by atoms with van der Waals surface area (Å²) < 4.78 is 0. The van der Waals surface area contributed by atoms with Crippen LogP contribution in [0, 0.1) is 0 Å². The van der Waals surface area contributed by atoms with E-state index in [0.29, 0.717) is 5.02 Å². The van der Waals surface area contributed by atoms with Crippen LogP contribution in [0.4, 0.5) is 0 Å². The van der Waals surface area contributed by atoms with E-state index in [4.69, 9.17) is 16.6 Å². The summed E-state index contributed by atoms with van der Waals surface area (Å²) in [6.45, 7) is 0.770. The van der Waals surface area contributed by atoms with Crippen molar-refractivity contribution in [2.24, 2.45) is 0 Å². The molecule has 0 atom stereocenters. The molecule has 5 heteroatoms. The number of aromatic nitrogens is 2. The Morgan fingerprint density at radius 1 is 1.10 bits per heavy atom. The van der Waals surface area contributed by atoms with Gasteiger partial charge < -0.3 is 5.32 Å². The van der Waals surface area contributed by atoms with Crippen LogP contribution < -0.4 is 5.32 Å². The lowest BCUT2D eigenvalue weighted by atomic mass is 10.1. The molecule has 2 aromatic heterocycles. The number of hydrogen-bond donors (Lipinski definition) is 1. The minimum absolute atomic E-state index is 0.627. The van der Waals surface area contributed by atoms with Crippen molar-refractivity contribution in [1.82, 2.24) is 15.3 Å². The van der Waals surface area contributed by atoms with Gasteiger partial charge in [0, 0.05) is 23.2 Å². The molecular weight excluding hydrogens is 302 g/mol. The zero-order valence-electron chi connectivity index (χ0n) is 11.5. The maximum atomic E-state index is 6.23. The van der Waals surface area contributed by atoms with Gasteiger partial charge in [-0.3, -0.25) is 4.98 Å². The average molecular weight is 316 g/mol. The van der Waals surface area contributed by atoms with Crippen LogP contribution in [0.1, 0.15) is 4.88 Å². The largest absolute Gasteiger partial charge is 0.315 e. The van der Waals surface area contributed by atoms with Crippen LogP contribution in [-0.2, 0) is 6.54 Å². The highest BCUT2D eigenvalue weighted by molar-refractivity contribution is 7.15. The molecule has 106 valence electrons. The molecule has 0 fully saturated rings. The molecule has 0 radical (unpaired) electrons. The maximum Gasteiger partial charge on any atom is 0.144 e. The van der Waals surface area contributed by atoms with Crippen LogP contribution in [0.25, 0.3) is 22.0 Å².